The number of aromatic nitrogens is 2. The largest absolute Gasteiger partial charge is 0.481 e. The van der Waals surface area contributed by atoms with Crippen LogP contribution in [0, 0.1) is 17.3 Å². The van der Waals surface area contributed by atoms with Gasteiger partial charge < -0.3 is 10.4 Å². The quantitative estimate of drug-likeness (QED) is 0.868. The van der Waals surface area contributed by atoms with E-state index in [2.05, 4.69) is 10.4 Å². The summed E-state index contributed by atoms with van der Waals surface area (Å²) in [5, 5.41) is 15.9. The molecule has 0 aliphatic heterocycles. The van der Waals surface area contributed by atoms with Gasteiger partial charge >= 0.3 is 5.97 Å². The minimum absolute atomic E-state index is 0.217. The fourth-order valence-electron chi connectivity index (χ4n) is 2.49. The first-order valence-electron chi connectivity index (χ1n) is 6.33. The van der Waals surface area contributed by atoms with Gasteiger partial charge in [-0.2, -0.15) is 5.10 Å². The monoisotopic (exact) mass is 265 g/mol. The number of nitrogens with one attached hydrogen (secondary N) is 1. The Labute approximate surface area is 111 Å². The summed E-state index contributed by atoms with van der Waals surface area (Å²) >= 11 is 0. The molecule has 6 heteroatoms. The molecule has 0 aromatic carbocycles. The molecule has 1 heterocycles. The van der Waals surface area contributed by atoms with Crippen molar-refractivity contribution < 1.29 is 14.7 Å². The van der Waals surface area contributed by atoms with Crippen LogP contribution in [0.3, 0.4) is 0 Å². The Bertz CT molecular complexity index is 519. The van der Waals surface area contributed by atoms with E-state index in [1.54, 1.807) is 30.9 Å². The molecule has 0 spiro atoms. The summed E-state index contributed by atoms with van der Waals surface area (Å²) in [4.78, 5) is 23.1. The summed E-state index contributed by atoms with van der Waals surface area (Å²) in [6.45, 7) is 7.58. The third-order valence-corrected chi connectivity index (χ3v) is 3.77. The average molecular weight is 265 g/mol. The number of hydrogen-bond acceptors (Lipinski definition) is 3. The van der Waals surface area contributed by atoms with Gasteiger partial charge in [-0.25, -0.2) is 0 Å². The molecule has 19 heavy (non-hydrogen) atoms. The van der Waals surface area contributed by atoms with Crippen LogP contribution in [0.25, 0.3) is 0 Å². The van der Waals surface area contributed by atoms with E-state index < -0.39 is 23.2 Å². The van der Waals surface area contributed by atoms with Crippen molar-refractivity contribution in [2.45, 2.75) is 33.7 Å². The Morgan fingerprint density at radius 3 is 2.47 bits per heavy atom. The topological polar surface area (TPSA) is 84.2 Å². The third kappa shape index (κ3) is 2.34. The summed E-state index contributed by atoms with van der Waals surface area (Å²) in [5.41, 5.74) is 0.120. The highest BCUT2D eigenvalue weighted by molar-refractivity contribution is 5.99. The maximum Gasteiger partial charge on any atom is 0.307 e. The summed E-state index contributed by atoms with van der Waals surface area (Å²) in [6, 6.07) is 0.217. The number of rotatable bonds is 4. The molecule has 1 fully saturated rings. The van der Waals surface area contributed by atoms with Gasteiger partial charge in [0.15, 0.2) is 0 Å². The van der Waals surface area contributed by atoms with Crippen LogP contribution in [0.2, 0.25) is 0 Å². The Morgan fingerprint density at radius 1 is 1.42 bits per heavy atom. The minimum atomic E-state index is -0.914. The standard InChI is InChI=1S/C13H19N3O3/c1-7(2)16-6-8(5-14-16)15-11(17)9-10(12(18)19)13(9,3)4/h5-7,9-10H,1-4H3,(H,15,17)(H,18,19)/t9-,10+/m1/s1. The van der Waals surface area contributed by atoms with Crippen molar-refractivity contribution in [1.82, 2.24) is 9.78 Å². The lowest BCUT2D eigenvalue weighted by atomic mass is 10.1. The Balaban J connectivity index is 2.04. The maximum atomic E-state index is 12.1. The average Bonchev–Trinajstić information content (AvgIpc) is 2.67. The third-order valence-electron chi connectivity index (χ3n) is 3.77. The molecule has 2 atom stereocenters. The molecule has 0 bridgehead atoms. The molecule has 1 aromatic heterocycles. The van der Waals surface area contributed by atoms with E-state index in [9.17, 15) is 9.59 Å². The van der Waals surface area contributed by atoms with E-state index in [1.165, 1.54) is 0 Å². The highest BCUT2D eigenvalue weighted by atomic mass is 16.4. The fraction of sp³-hybridized carbons (Fsp3) is 0.615. The van der Waals surface area contributed by atoms with Gasteiger partial charge in [0.2, 0.25) is 5.91 Å². The van der Waals surface area contributed by atoms with E-state index in [-0.39, 0.29) is 11.9 Å². The van der Waals surface area contributed by atoms with Gasteiger partial charge in [-0.05, 0) is 19.3 Å². The Kier molecular flexibility index (Phi) is 3.12. The van der Waals surface area contributed by atoms with E-state index in [1.807, 2.05) is 13.8 Å². The number of aliphatic carboxylic acids is 1. The second-order valence-electron chi connectivity index (χ2n) is 5.91. The first-order chi connectivity index (χ1) is 8.75. The number of anilines is 1. The molecular weight excluding hydrogens is 246 g/mol. The van der Waals surface area contributed by atoms with Crippen LogP contribution < -0.4 is 5.32 Å². The molecule has 0 radical (unpaired) electrons. The molecule has 1 aliphatic carbocycles. The SMILES string of the molecule is CC(C)n1cc(NC(=O)[C@H]2[C@@H](C(=O)O)C2(C)C)cn1. The molecule has 1 aliphatic rings. The van der Waals surface area contributed by atoms with Crippen LogP contribution >= 0.6 is 0 Å². The van der Waals surface area contributed by atoms with Crippen molar-refractivity contribution >= 4 is 17.6 Å². The van der Waals surface area contributed by atoms with Gasteiger partial charge in [0, 0.05) is 12.2 Å². The number of carbonyl (C=O) groups excluding carboxylic acids is 1. The van der Waals surface area contributed by atoms with Crippen LogP contribution in [0.15, 0.2) is 12.4 Å². The van der Waals surface area contributed by atoms with Crippen molar-refractivity contribution in [1.29, 1.82) is 0 Å². The van der Waals surface area contributed by atoms with Gasteiger partial charge in [-0.3, -0.25) is 14.3 Å². The highest BCUT2D eigenvalue weighted by Crippen LogP contribution is 2.58. The zero-order valence-corrected chi connectivity index (χ0v) is 11.5. The van der Waals surface area contributed by atoms with Crippen LogP contribution in [0.5, 0.6) is 0 Å². The van der Waals surface area contributed by atoms with E-state index >= 15 is 0 Å². The predicted molar refractivity (Wildman–Crippen MR) is 69.6 cm³/mol. The van der Waals surface area contributed by atoms with Crippen molar-refractivity contribution in [3.63, 3.8) is 0 Å². The molecule has 2 rings (SSSR count). The number of hydrogen-bond donors (Lipinski definition) is 2. The summed E-state index contributed by atoms with van der Waals surface area (Å²) in [7, 11) is 0. The number of amides is 1. The van der Waals surface area contributed by atoms with Gasteiger partial charge in [-0.15, -0.1) is 0 Å². The zero-order chi connectivity index (χ0) is 14.4. The first kappa shape index (κ1) is 13.6. The lowest BCUT2D eigenvalue weighted by molar-refractivity contribution is -0.140. The molecule has 1 aromatic rings. The smallest absolute Gasteiger partial charge is 0.307 e. The molecule has 0 unspecified atom stereocenters. The fourth-order valence-corrected chi connectivity index (χ4v) is 2.49. The van der Waals surface area contributed by atoms with Gasteiger partial charge in [0.1, 0.15) is 0 Å². The minimum Gasteiger partial charge on any atom is -0.481 e. The summed E-state index contributed by atoms with van der Waals surface area (Å²) in [6.07, 6.45) is 3.32. The molecule has 1 amide bonds. The van der Waals surface area contributed by atoms with E-state index in [0.29, 0.717) is 5.69 Å². The van der Waals surface area contributed by atoms with Crippen molar-refractivity contribution in [2.24, 2.45) is 17.3 Å². The zero-order valence-electron chi connectivity index (χ0n) is 11.5. The second kappa shape index (κ2) is 4.36. The number of carbonyl (C=O) groups is 2. The van der Waals surface area contributed by atoms with E-state index in [0.717, 1.165) is 0 Å². The molecule has 104 valence electrons. The maximum absolute atomic E-state index is 12.1. The lowest BCUT2D eigenvalue weighted by Gasteiger charge is -2.04. The number of nitrogens with zero attached hydrogens (tertiary/aromatic N) is 2. The molecule has 2 N–H and O–H groups in total. The van der Waals surface area contributed by atoms with E-state index in [4.69, 9.17) is 5.11 Å². The Morgan fingerprint density at radius 2 is 2.05 bits per heavy atom. The molecule has 6 nitrogen and oxygen atoms in total. The Hall–Kier alpha value is -1.85. The van der Waals surface area contributed by atoms with Crippen LogP contribution in [0.1, 0.15) is 33.7 Å². The molecule has 0 saturated heterocycles. The lowest BCUT2D eigenvalue weighted by Crippen LogP contribution is -2.17. The molecular formula is C13H19N3O3. The normalized spacial score (nSPS) is 24.3. The second-order valence-corrected chi connectivity index (χ2v) is 5.91. The van der Waals surface area contributed by atoms with Crippen LogP contribution in [-0.2, 0) is 9.59 Å². The van der Waals surface area contributed by atoms with Gasteiger partial charge in [-0.1, -0.05) is 13.8 Å². The van der Waals surface area contributed by atoms with Crippen molar-refractivity contribution in [2.75, 3.05) is 5.32 Å². The predicted octanol–water partition coefficient (Wildman–Crippen LogP) is 1.76. The van der Waals surface area contributed by atoms with Gasteiger partial charge in [0.05, 0.1) is 23.7 Å². The highest BCUT2D eigenvalue weighted by Gasteiger charge is 2.65. The van der Waals surface area contributed by atoms with Crippen LogP contribution in [0.4, 0.5) is 5.69 Å². The van der Waals surface area contributed by atoms with Crippen molar-refractivity contribution in [3.05, 3.63) is 12.4 Å². The van der Waals surface area contributed by atoms with Crippen LogP contribution in [-0.4, -0.2) is 26.8 Å². The van der Waals surface area contributed by atoms with Crippen molar-refractivity contribution in [3.8, 4) is 0 Å². The summed E-state index contributed by atoms with van der Waals surface area (Å²) < 4.78 is 1.74. The number of carboxylic acid groups (broad SMARTS) is 1. The number of carboxylic acids is 1. The molecule has 1 saturated carbocycles. The summed E-state index contributed by atoms with van der Waals surface area (Å²) in [5.74, 6) is -2.25. The van der Waals surface area contributed by atoms with Gasteiger partial charge in [0.25, 0.3) is 0 Å². The first-order valence-corrected chi connectivity index (χ1v) is 6.33.